The van der Waals surface area contributed by atoms with Crippen molar-refractivity contribution in [2.24, 2.45) is 0 Å². The molecule has 0 aliphatic heterocycles. The van der Waals surface area contributed by atoms with Crippen molar-refractivity contribution in [2.45, 2.75) is 32.2 Å². The van der Waals surface area contributed by atoms with Crippen molar-refractivity contribution in [1.29, 1.82) is 0 Å². The number of para-hydroxylation sites is 1. The zero-order valence-electron chi connectivity index (χ0n) is 15.4. The molecule has 1 nitrogen and oxygen atoms in total. The Hall–Kier alpha value is -0.800. The molecule has 0 aliphatic carbocycles. The maximum absolute atomic E-state index is 4.77. The molecule has 3 rings (SSSR count). The molecule has 0 bridgehead atoms. The van der Waals surface area contributed by atoms with Gasteiger partial charge in [-0.05, 0) is 56.0 Å². The first-order valence-electron chi connectivity index (χ1n) is 7.69. The number of aromatic nitrogens is 1. The molecule has 0 saturated heterocycles. The Labute approximate surface area is 166 Å². The molecule has 0 radical (unpaired) electrons. The fraction of sp³-hybridized carbons (Fsp3) is 0.250. The van der Waals surface area contributed by atoms with Gasteiger partial charge >= 0.3 is 29.6 Å². The molecular formula is C20H22NNaS. The van der Waals surface area contributed by atoms with Crippen LogP contribution in [0, 0.1) is 20.8 Å². The molecule has 0 unspecified atom stereocenters. The van der Waals surface area contributed by atoms with Crippen LogP contribution >= 0.6 is 11.8 Å². The monoisotopic (exact) mass is 331 g/mol. The summed E-state index contributed by atoms with van der Waals surface area (Å²) in [5, 5.41) is 2.38. The van der Waals surface area contributed by atoms with Crippen molar-refractivity contribution >= 4 is 22.7 Å². The topological polar surface area (TPSA) is 12.9 Å². The average Bonchev–Trinajstić information content (AvgIpc) is 2.51. The van der Waals surface area contributed by atoms with Gasteiger partial charge in [0.05, 0.1) is 10.5 Å². The molecule has 0 saturated carbocycles. The van der Waals surface area contributed by atoms with Crippen LogP contribution in [0.5, 0.6) is 0 Å². The largest absolute Gasteiger partial charge is 1.00 e. The molecule has 0 spiro atoms. The number of pyridine rings is 1. The van der Waals surface area contributed by atoms with Crippen LogP contribution in [0.2, 0.25) is 0 Å². The van der Waals surface area contributed by atoms with Gasteiger partial charge in [0.2, 0.25) is 0 Å². The van der Waals surface area contributed by atoms with Crippen molar-refractivity contribution in [3.8, 4) is 0 Å². The molecule has 0 fully saturated rings. The molecule has 0 atom stereocenters. The summed E-state index contributed by atoms with van der Waals surface area (Å²) in [6.07, 6.45) is 1.09. The number of hydrogen-bond donors (Lipinski definition) is 0. The predicted octanol–water partition coefficient (Wildman–Crippen LogP) is 2.61. The zero-order valence-corrected chi connectivity index (χ0v) is 17.2. The quantitative estimate of drug-likeness (QED) is 0.538. The van der Waals surface area contributed by atoms with E-state index in [1.54, 1.807) is 0 Å². The minimum absolute atomic E-state index is 0. The van der Waals surface area contributed by atoms with Crippen LogP contribution in [0.25, 0.3) is 10.9 Å². The standard InChI is InChI=1S/C20H21NS.Na.H/c1-14-8-9-15(2)17(12-14)10-11-22-20-13-16(3)18-6-4-5-7-19(18)21-20;;/h4-9,12-13H,10-11H2,1-3H3;;/q;+1;-1. The molecule has 23 heavy (non-hydrogen) atoms. The molecule has 0 N–H and O–H groups in total. The number of aryl methyl sites for hydroxylation is 4. The second-order valence-corrected chi connectivity index (χ2v) is 6.94. The van der Waals surface area contributed by atoms with Crippen molar-refractivity contribution in [3.63, 3.8) is 0 Å². The van der Waals surface area contributed by atoms with Gasteiger partial charge in [0.1, 0.15) is 0 Å². The van der Waals surface area contributed by atoms with Crippen LogP contribution in [-0.2, 0) is 6.42 Å². The van der Waals surface area contributed by atoms with Crippen molar-refractivity contribution in [1.82, 2.24) is 4.98 Å². The molecule has 1 heterocycles. The second-order valence-electron chi connectivity index (χ2n) is 5.82. The fourth-order valence-electron chi connectivity index (χ4n) is 2.73. The summed E-state index contributed by atoms with van der Waals surface area (Å²) in [4.78, 5) is 4.77. The number of rotatable bonds is 4. The van der Waals surface area contributed by atoms with Gasteiger partial charge in [-0.15, -0.1) is 11.8 Å². The van der Waals surface area contributed by atoms with E-state index in [-0.39, 0.29) is 31.0 Å². The van der Waals surface area contributed by atoms with Crippen LogP contribution in [0.4, 0.5) is 0 Å². The van der Waals surface area contributed by atoms with E-state index in [9.17, 15) is 0 Å². The summed E-state index contributed by atoms with van der Waals surface area (Å²) in [5.74, 6) is 1.06. The van der Waals surface area contributed by atoms with Crippen molar-refractivity contribution in [2.75, 3.05) is 5.75 Å². The van der Waals surface area contributed by atoms with E-state index in [0.29, 0.717) is 0 Å². The second kappa shape index (κ2) is 8.34. The molecular weight excluding hydrogens is 309 g/mol. The summed E-state index contributed by atoms with van der Waals surface area (Å²) in [6.45, 7) is 6.51. The molecule has 3 heteroatoms. The van der Waals surface area contributed by atoms with Gasteiger partial charge in [-0.2, -0.15) is 0 Å². The Bertz CT molecular complexity index is 820. The number of nitrogens with zero attached hydrogens (tertiary/aromatic N) is 1. The SMILES string of the molecule is Cc1ccc(C)c(CCSc2cc(C)c3ccccc3n2)c1.[H-].[Na+]. The zero-order chi connectivity index (χ0) is 15.5. The smallest absolute Gasteiger partial charge is 1.00 e. The van der Waals surface area contributed by atoms with Crippen LogP contribution < -0.4 is 29.6 Å². The third-order valence-corrected chi connectivity index (χ3v) is 4.94. The molecule has 3 aromatic rings. The normalized spacial score (nSPS) is 10.6. The number of fused-ring (bicyclic) bond motifs is 1. The Morgan fingerprint density at radius 1 is 0.957 bits per heavy atom. The minimum atomic E-state index is 0. The third kappa shape index (κ3) is 4.60. The molecule has 0 aliphatic rings. The first-order chi connectivity index (χ1) is 10.6. The van der Waals surface area contributed by atoms with E-state index >= 15 is 0 Å². The minimum Gasteiger partial charge on any atom is -1.00 e. The maximum Gasteiger partial charge on any atom is 1.00 e. The van der Waals surface area contributed by atoms with E-state index in [1.165, 1.54) is 27.6 Å². The summed E-state index contributed by atoms with van der Waals surface area (Å²) >= 11 is 1.85. The molecule has 2 aromatic carbocycles. The summed E-state index contributed by atoms with van der Waals surface area (Å²) in [6, 6.07) is 17.3. The van der Waals surface area contributed by atoms with Gasteiger partial charge in [0.15, 0.2) is 0 Å². The number of thioether (sulfide) groups is 1. The van der Waals surface area contributed by atoms with Gasteiger partial charge in [-0.25, -0.2) is 4.98 Å². The summed E-state index contributed by atoms with van der Waals surface area (Å²) in [5.41, 5.74) is 6.57. The predicted molar refractivity (Wildman–Crippen MR) is 97.9 cm³/mol. The molecule has 0 amide bonds. The Morgan fingerprint density at radius 3 is 2.57 bits per heavy atom. The number of hydrogen-bond acceptors (Lipinski definition) is 2. The van der Waals surface area contributed by atoms with Gasteiger partial charge in [0, 0.05) is 11.1 Å². The van der Waals surface area contributed by atoms with Crippen molar-refractivity contribution < 1.29 is 31.0 Å². The first-order valence-corrected chi connectivity index (χ1v) is 8.67. The van der Waals surface area contributed by atoms with E-state index < -0.39 is 0 Å². The van der Waals surface area contributed by atoms with Gasteiger partial charge in [-0.3, -0.25) is 0 Å². The van der Waals surface area contributed by atoms with Gasteiger partial charge in [-0.1, -0.05) is 42.0 Å². The third-order valence-electron chi connectivity index (χ3n) is 4.03. The Balaban J connectivity index is 0.00000144. The van der Waals surface area contributed by atoms with Crippen LogP contribution in [0.3, 0.4) is 0 Å². The fourth-order valence-corrected chi connectivity index (χ4v) is 3.68. The number of benzene rings is 2. The van der Waals surface area contributed by atoms with Crippen LogP contribution in [0.15, 0.2) is 53.6 Å². The van der Waals surface area contributed by atoms with Crippen LogP contribution in [0.1, 0.15) is 23.7 Å². The van der Waals surface area contributed by atoms with E-state index in [2.05, 4.69) is 69.3 Å². The Morgan fingerprint density at radius 2 is 1.74 bits per heavy atom. The van der Waals surface area contributed by atoms with E-state index in [4.69, 9.17) is 4.98 Å². The van der Waals surface area contributed by atoms with Gasteiger partial charge in [0.25, 0.3) is 0 Å². The van der Waals surface area contributed by atoms with Crippen molar-refractivity contribution in [3.05, 3.63) is 70.8 Å². The van der Waals surface area contributed by atoms with Crippen LogP contribution in [-0.4, -0.2) is 10.7 Å². The maximum atomic E-state index is 4.77. The summed E-state index contributed by atoms with van der Waals surface area (Å²) < 4.78 is 0. The van der Waals surface area contributed by atoms with Gasteiger partial charge < -0.3 is 1.43 Å². The van der Waals surface area contributed by atoms with E-state index in [0.717, 1.165) is 22.7 Å². The first kappa shape index (κ1) is 18.5. The van der Waals surface area contributed by atoms with E-state index in [1.807, 2.05) is 11.8 Å². The molecule has 1 aromatic heterocycles. The molecule has 114 valence electrons. The average molecular weight is 331 g/mol. The Kier molecular flexibility index (Phi) is 6.72. The summed E-state index contributed by atoms with van der Waals surface area (Å²) in [7, 11) is 0.